The summed E-state index contributed by atoms with van der Waals surface area (Å²) >= 11 is 0. The van der Waals surface area contributed by atoms with Crippen molar-refractivity contribution in [1.29, 1.82) is 0 Å². The molecule has 0 aliphatic rings. The molecule has 5 nitrogen and oxygen atoms in total. The molecule has 19 heavy (non-hydrogen) atoms. The molecule has 0 fully saturated rings. The molecule has 0 radical (unpaired) electrons. The molecule has 5 heteroatoms. The van der Waals surface area contributed by atoms with E-state index >= 15 is 0 Å². The summed E-state index contributed by atoms with van der Waals surface area (Å²) in [7, 11) is 0. The minimum Gasteiger partial charge on any atom is -0.364 e. The summed E-state index contributed by atoms with van der Waals surface area (Å²) in [5, 5.41) is 4.82. The minimum absolute atomic E-state index is 0.620. The number of benzene rings is 1. The molecule has 0 amide bonds. The van der Waals surface area contributed by atoms with Gasteiger partial charge in [0.1, 0.15) is 0 Å². The molecule has 0 spiro atoms. The lowest BCUT2D eigenvalue weighted by Gasteiger charge is -1.99. The van der Waals surface area contributed by atoms with E-state index in [9.17, 15) is 0 Å². The minimum atomic E-state index is 0.620. The van der Waals surface area contributed by atoms with E-state index in [1.165, 1.54) is 16.6 Å². The summed E-state index contributed by atoms with van der Waals surface area (Å²) < 4.78 is 0. The Balaban J connectivity index is 2.00. The van der Waals surface area contributed by atoms with Crippen molar-refractivity contribution in [3.05, 3.63) is 63.9 Å². The number of para-hydroxylation sites is 1. The molecule has 0 saturated heterocycles. The van der Waals surface area contributed by atoms with Crippen LogP contribution in [0.25, 0.3) is 21.3 Å². The number of hydrogen-bond donors (Lipinski definition) is 2. The zero-order chi connectivity index (χ0) is 13.2. The smallest absolute Gasteiger partial charge is 0.0552 e. The molecule has 0 aliphatic carbocycles. The fourth-order valence-electron chi connectivity index (χ4n) is 2.39. The maximum absolute atomic E-state index is 8.41. The molecular formula is C14H13N5. The molecule has 3 aromatic rings. The van der Waals surface area contributed by atoms with E-state index in [1.54, 1.807) is 6.20 Å². The van der Waals surface area contributed by atoms with Crippen LogP contribution in [-0.4, -0.2) is 9.97 Å². The van der Waals surface area contributed by atoms with Crippen molar-refractivity contribution in [1.82, 2.24) is 9.97 Å². The van der Waals surface area contributed by atoms with Crippen LogP contribution < -0.4 is 0 Å². The first-order valence-electron chi connectivity index (χ1n) is 6.06. The van der Waals surface area contributed by atoms with Gasteiger partial charge in [-0.05, 0) is 30.2 Å². The highest BCUT2D eigenvalue weighted by Gasteiger charge is 2.09. The number of hydrogen-bond acceptors (Lipinski definition) is 1. The van der Waals surface area contributed by atoms with Gasteiger partial charge in [0, 0.05) is 39.8 Å². The van der Waals surface area contributed by atoms with Gasteiger partial charge in [-0.3, -0.25) is 0 Å². The summed E-state index contributed by atoms with van der Waals surface area (Å²) in [6.45, 7) is 2.08. The van der Waals surface area contributed by atoms with E-state index in [0.29, 0.717) is 5.69 Å². The number of fused-ring (bicyclic) bond motifs is 1. The zero-order valence-corrected chi connectivity index (χ0v) is 10.5. The Hall–Kier alpha value is -2.65. The fraction of sp³-hybridized carbons (Fsp3) is 0.143. The van der Waals surface area contributed by atoms with Crippen LogP contribution in [0.2, 0.25) is 0 Å². The van der Waals surface area contributed by atoms with Crippen molar-refractivity contribution in [2.24, 2.45) is 5.11 Å². The van der Waals surface area contributed by atoms with E-state index < -0.39 is 0 Å². The molecular weight excluding hydrogens is 238 g/mol. The molecule has 2 aromatic heterocycles. The third kappa shape index (κ3) is 2.07. The Morgan fingerprint density at radius 2 is 2.16 bits per heavy atom. The van der Waals surface area contributed by atoms with E-state index in [2.05, 4.69) is 39.1 Å². The van der Waals surface area contributed by atoms with Gasteiger partial charge in [-0.25, -0.2) is 0 Å². The van der Waals surface area contributed by atoms with Crippen molar-refractivity contribution in [3.8, 4) is 0 Å². The first-order chi connectivity index (χ1) is 9.28. The first kappa shape index (κ1) is 11.4. The Kier molecular flexibility index (Phi) is 2.74. The van der Waals surface area contributed by atoms with Gasteiger partial charge in [0.25, 0.3) is 0 Å². The average molecular weight is 251 g/mol. The molecule has 0 saturated carbocycles. The Morgan fingerprint density at radius 1 is 1.32 bits per heavy atom. The molecule has 0 atom stereocenters. The van der Waals surface area contributed by atoms with E-state index in [0.717, 1.165) is 17.6 Å². The third-order valence-electron chi connectivity index (χ3n) is 3.28. The van der Waals surface area contributed by atoms with Gasteiger partial charge in [-0.2, -0.15) is 0 Å². The lowest BCUT2D eigenvalue weighted by molar-refractivity contribution is 1.09. The van der Waals surface area contributed by atoms with Gasteiger partial charge >= 0.3 is 0 Å². The lowest BCUT2D eigenvalue weighted by Crippen LogP contribution is -1.89. The van der Waals surface area contributed by atoms with Crippen molar-refractivity contribution < 1.29 is 0 Å². The molecule has 2 heterocycles. The Labute approximate surface area is 109 Å². The third-order valence-corrected chi connectivity index (χ3v) is 3.28. The number of H-pyrrole nitrogens is 2. The number of nitrogens with zero attached hydrogens (tertiary/aromatic N) is 3. The fourth-order valence-corrected chi connectivity index (χ4v) is 2.39. The lowest BCUT2D eigenvalue weighted by atomic mass is 10.1. The van der Waals surface area contributed by atoms with Gasteiger partial charge < -0.3 is 9.97 Å². The van der Waals surface area contributed by atoms with E-state index in [4.69, 9.17) is 5.53 Å². The van der Waals surface area contributed by atoms with Gasteiger partial charge in [0.15, 0.2) is 0 Å². The number of aryl methyl sites for hydroxylation is 1. The summed E-state index contributed by atoms with van der Waals surface area (Å²) in [6, 6.07) is 10.1. The van der Waals surface area contributed by atoms with Crippen LogP contribution in [0.1, 0.15) is 17.0 Å². The molecule has 2 N–H and O–H groups in total. The van der Waals surface area contributed by atoms with Crippen LogP contribution in [0.5, 0.6) is 0 Å². The van der Waals surface area contributed by atoms with Crippen LogP contribution in [0, 0.1) is 6.92 Å². The quantitative estimate of drug-likeness (QED) is 0.394. The van der Waals surface area contributed by atoms with Crippen LogP contribution in [0.3, 0.4) is 0 Å². The van der Waals surface area contributed by atoms with E-state index in [-0.39, 0.29) is 0 Å². The number of aromatic nitrogens is 2. The standard InChI is InChI=1S/C14H13N5/c1-9-13(12-4-2-3-5-14(12)17-9)7-10-6-11(8-16-10)18-19-15/h2-6,8,16-17H,7H2,1H3. The Bertz CT molecular complexity index is 774. The highest BCUT2D eigenvalue weighted by Crippen LogP contribution is 2.25. The van der Waals surface area contributed by atoms with E-state index in [1.807, 2.05) is 18.2 Å². The second-order valence-corrected chi connectivity index (χ2v) is 4.52. The van der Waals surface area contributed by atoms with Crippen LogP contribution in [-0.2, 0) is 6.42 Å². The topological polar surface area (TPSA) is 80.3 Å². The van der Waals surface area contributed by atoms with Gasteiger partial charge in [-0.15, -0.1) is 0 Å². The monoisotopic (exact) mass is 251 g/mol. The van der Waals surface area contributed by atoms with Crippen molar-refractivity contribution >= 4 is 16.6 Å². The highest BCUT2D eigenvalue weighted by molar-refractivity contribution is 5.84. The van der Waals surface area contributed by atoms with Gasteiger partial charge in [-0.1, -0.05) is 23.3 Å². The number of rotatable bonds is 3. The molecule has 0 unspecified atom stereocenters. The van der Waals surface area contributed by atoms with Crippen molar-refractivity contribution in [3.63, 3.8) is 0 Å². The average Bonchev–Trinajstić information content (AvgIpc) is 2.96. The SMILES string of the molecule is Cc1[nH]c2ccccc2c1Cc1cc(N=[N+]=[N-])c[nH]1. The number of azide groups is 1. The molecule has 1 aromatic carbocycles. The maximum Gasteiger partial charge on any atom is 0.0552 e. The molecule has 94 valence electrons. The normalized spacial score (nSPS) is 10.6. The molecule has 0 bridgehead atoms. The maximum atomic E-state index is 8.41. The number of nitrogens with one attached hydrogen (secondary N) is 2. The largest absolute Gasteiger partial charge is 0.364 e. The second kappa shape index (κ2) is 4.55. The van der Waals surface area contributed by atoms with Gasteiger partial charge in [0.05, 0.1) is 5.69 Å². The predicted molar refractivity (Wildman–Crippen MR) is 75.4 cm³/mol. The van der Waals surface area contributed by atoms with Crippen LogP contribution in [0.15, 0.2) is 41.6 Å². The number of aromatic amines is 2. The highest BCUT2D eigenvalue weighted by atomic mass is 15.1. The first-order valence-corrected chi connectivity index (χ1v) is 6.06. The molecule has 3 rings (SSSR count). The predicted octanol–water partition coefficient (Wildman–Crippen LogP) is 4.34. The summed E-state index contributed by atoms with van der Waals surface area (Å²) in [5.41, 5.74) is 13.7. The van der Waals surface area contributed by atoms with Crippen molar-refractivity contribution in [2.75, 3.05) is 0 Å². The van der Waals surface area contributed by atoms with Crippen molar-refractivity contribution in [2.45, 2.75) is 13.3 Å². The summed E-state index contributed by atoms with van der Waals surface area (Å²) in [6.07, 6.45) is 2.51. The zero-order valence-electron chi connectivity index (χ0n) is 10.5. The van der Waals surface area contributed by atoms with Crippen LogP contribution in [0.4, 0.5) is 5.69 Å². The second-order valence-electron chi connectivity index (χ2n) is 4.52. The molecule has 0 aliphatic heterocycles. The van der Waals surface area contributed by atoms with Crippen LogP contribution >= 0.6 is 0 Å². The summed E-state index contributed by atoms with van der Waals surface area (Å²) in [5.74, 6) is 0. The van der Waals surface area contributed by atoms with Gasteiger partial charge in [0.2, 0.25) is 0 Å². The summed E-state index contributed by atoms with van der Waals surface area (Å²) in [4.78, 5) is 9.31. The Morgan fingerprint density at radius 3 is 3.00 bits per heavy atom.